The lowest BCUT2D eigenvalue weighted by Crippen LogP contribution is -2.35. The highest BCUT2D eigenvalue weighted by Crippen LogP contribution is 2.11. The molecule has 0 saturated carbocycles. The third-order valence-corrected chi connectivity index (χ3v) is 2.69. The fraction of sp³-hybridized carbons (Fsp3) is 0.467. The first kappa shape index (κ1) is 16.0. The van der Waals surface area contributed by atoms with Crippen molar-refractivity contribution in [2.24, 2.45) is 0 Å². The van der Waals surface area contributed by atoms with Crippen molar-refractivity contribution in [2.45, 2.75) is 26.4 Å². The van der Waals surface area contributed by atoms with Crippen LogP contribution in [0, 0.1) is 6.92 Å². The van der Waals surface area contributed by atoms with Gasteiger partial charge in [-0.25, -0.2) is 0 Å². The lowest BCUT2D eigenvalue weighted by molar-refractivity contribution is -0.158. The molecule has 20 heavy (non-hydrogen) atoms. The van der Waals surface area contributed by atoms with Crippen LogP contribution in [-0.2, 0) is 14.3 Å². The zero-order valence-electron chi connectivity index (χ0n) is 12.4. The quantitative estimate of drug-likeness (QED) is 0.745. The van der Waals surface area contributed by atoms with E-state index in [4.69, 9.17) is 9.47 Å². The minimum absolute atomic E-state index is 0.110. The van der Waals surface area contributed by atoms with Gasteiger partial charge in [0, 0.05) is 14.1 Å². The molecule has 1 unspecified atom stereocenters. The van der Waals surface area contributed by atoms with Crippen LogP contribution in [0.3, 0.4) is 0 Å². The third kappa shape index (κ3) is 5.30. The molecule has 0 saturated heterocycles. The topological polar surface area (TPSA) is 55.8 Å². The maximum Gasteiger partial charge on any atom is 0.310 e. The fourth-order valence-corrected chi connectivity index (χ4v) is 1.56. The fourth-order valence-electron chi connectivity index (χ4n) is 1.56. The molecule has 0 fully saturated rings. The molecule has 1 atom stereocenters. The van der Waals surface area contributed by atoms with Crippen molar-refractivity contribution in [1.82, 2.24) is 4.90 Å². The molecule has 0 bridgehead atoms. The Bertz CT molecular complexity index is 453. The molecule has 0 N–H and O–H groups in total. The summed E-state index contributed by atoms with van der Waals surface area (Å²) in [5.41, 5.74) is 1.15. The predicted octanol–water partition coefficient (Wildman–Crippen LogP) is 1.78. The van der Waals surface area contributed by atoms with E-state index in [0.29, 0.717) is 5.75 Å². The smallest absolute Gasteiger partial charge is 0.310 e. The zero-order valence-corrected chi connectivity index (χ0v) is 12.4. The van der Waals surface area contributed by atoms with E-state index < -0.39 is 12.1 Å². The van der Waals surface area contributed by atoms with E-state index in [1.807, 2.05) is 31.2 Å². The lowest BCUT2D eigenvalue weighted by atomic mass is 10.2. The van der Waals surface area contributed by atoms with E-state index in [-0.39, 0.29) is 18.9 Å². The number of amides is 1. The molecule has 5 nitrogen and oxygen atoms in total. The first-order chi connectivity index (χ1) is 9.40. The Hall–Kier alpha value is -2.04. The van der Waals surface area contributed by atoms with Gasteiger partial charge in [0.2, 0.25) is 0 Å². The van der Waals surface area contributed by atoms with E-state index in [2.05, 4.69) is 0 Å². The normalized spacial score (nSPS) is 11.6. The average Bonchev–Trinajstić information content (AvgIpc) is 2.39. The molecule has 0 aliphatic carbocycles. The number of nitrogens with zero attached hydrogens (tertiary/aromatic N) is 1. The van der Waals surface area contributed by atoms with Crippen LogP contribution < -0.4 is 4.74 Å². The van der Waals surface area contributed by atoms with E-state index in [1.54, 1.807) is 21.0 Å². The Balaban J connectivity index is 2.30. The second-order valence-electron chi connectivity index (χ2n) is 4.78. The average molecular weight is 279 g/mol. The number of rotatable bonds is 6. The summed E-state index contributed by atoms with van der Waals surface area (Å²) in [5, 5.41) is 0. The molecule has 1 aromatic carbocycles. The summed E-state index contributed by atoms with van der Waals surface area (Å²) >= 11 is 0. The van der Waals surface area contributed by atoms with Gasteiger partial charge in [0.1, 0.15) is 5.75 Å². The maximum atomic E-state index is 11.6. The number of hydrogen-bond acceptors (Lipinski definition) is 4. The van der Waals surface area contributed by atoms with Crippen molar-refractivity contribution in [1.29, 1.82) is 0 Å². The molecular formula is C15H21NO4. The highest BCUT2D eigenvalue weighted by Gasteiger charge is 2.19. The predicted molar refractivity (Wildman–Crippen MR) is 75.5 cm³/mol. The summed E-state index contributed by atoms with van der Waals surface area (Å²) in [7, 11) is 3.24. The highest BCUT2D eigenvalue weighted by atomic mass is 16.5. The molecule has 0 spiro atoms. The van der Waals surface area contributed by atoms with Crippen LogP contribution in [0.2, 0.25) is 0 Å². The van der Waals surface area contributed by atoms with Crippen molar-refractivity contribution >= 4 is 11.9 Å². The monoisotopic (exact) mass is 279 g/mol. The largest absolute Gasteiger partial charge is 0.493 e. The molecule has 1 rings (SSSR count). The molecule has 1 aromatic rings. The number of esters is 1. The van der Waals surface area contributed by atoms with E-state index >= 15 is 0 Å². The number of likely N-dealkylation sites (N-methyl/N-ethyl adjacent to an activating group) is 1. The van der Waals surface area contributed by atoms with Gasteiger partial charge in [-0.15, -0.1) is 0 Å². The molecule has 0 radical (unpaired) electrons. The minimum atomic E-state index is -0.767. The summed E-state index contributed by atoms with van der Waals surface area (Å²) in [4.78, 5) is 24.5. The van der Waals surface area contributed by atoms with Crippen molar-refractivity contribution in [2.75, 3.05) is 20.7 Å². The second kappa shape index (κ2) is 7.53. The van der Waals surface area contributed by atoms with Crippen LogP contribution in [0.1, 0.15) is 18.9 Å². The number of carbonyl (C=O) groups excluding carboxylic acids is 2. The molecule has 1 amide bonds. The summed E-state index contributed by atoms with van der Waals surface area (Å²) < 4.78 is 10.4. The Kier molecular flexibility index (Phi) is 6.03. The van der Waals surface area contributed by atoms with Gasteiger partial charge in [0.25, 0.3) is 5.91 Å². The molecule has 110 valence electrons. The first-order valence-corrected chi connectivity index (χ1v) is 6.50. The zero-order chi connectivity index (χ0) is 15.1. The van der Waals surface area contributed by atoms with Crippen LogP contribution in [0.4, 0.5) is 0 Å². The summed E-state index contributed by atoms with van der Waals surface area (Å²) in [6.45, 7) is 3.77. The molecule has 5 heteroatoms. The van der Waals surface area contributed by atoms with Gasteiger partial charge in [-0.05, 0) is 26.0 Å². The number of hydrogen-bond donors (Lipinski definition) is 0. The van der Waals surface area contributed by atoms with E-state index in [9.17, 15) is 9.59 Å². The number of carbonyl (C=O) groups is 2. The highest BCUT2D eigenvalue weighted by molar-refractivity contribution is 5.83. The van der Waals surface area contributed by atoms with Crippen LogP contribution in [-0.4, -0.2) is 43.6 Å². The van der Waals surface area contributed by atoms with Gasteiger partial charge in [-0.2, -0.15) is 0 Å². The second-order valence-corrected chi connectivity index (χ2v) is 4.78. The molecule has 0 aliphatic heterocycles. The SMILES string of the molecule is Cc1ccc(OCCC(=O)OC(C)C(=O)N(C)C)cc1. The molecule has 0 aromatic heterocycles. The maximum absolute atomic E-state index is 11.6. The van der Waals surface area contributed by atoms with Gasteiger partial charge < -0.3 is 14.4 Å². The van der Waals surface area contributed by atoms with E-state index in [0.717, 1.165) is 5.56 Å². The Morgan fingerprint density at radius 2 is 1.80 bits per heavy atom. The molecule has 0 aliphatic rings. The van der Waals surface area contributed by atoms with Crippen molar-refractivity contribution in [3.8, 4) is 5.75 Å². The lowest BCUT2D eigenvalue weighted by Gasteiger charge is -2.17. The standard InChI is InChI=1S/C15H21NO4/c1-11-5-7-13(8-6-11)19-10-9-14(17)20-12(2)15(18)16(3)4/h5-8,12H,9-10H2,1-4H3. The number of aryl methyl sites for hydroxylation is 1. The van der Waals surface area contributed by atoms with Crippen LogP contribution in [0.5, 0.6) is 5.75 Å². The van der Waals surface area contributed by atoms with Gasteiger partial charge in [-0.3, -0.25) is 9.59 Å². The number of ether oxygens (including phenoxy) is 2. The summed E-state index contributed by atoms with van der Waals surface area (Å²) in [6, 6.07) is 7.56. The van der Waals surface area contributed by atoms with Crippen LogP contribution in [0.25, 0.3) is 0 Å². The summed E-state index contributed by atoms with van der Waals surface area (Å²) in [5.74, 6) is 0.0263. The Morgan fingerprint density at radius 1 is 1.20 bits per heavy atom. The van der Waals surface area contributed by atoms with Gasteiger partial charge in [-0.1, -0.05) is 17.7 Å². The van der Waals surface area contributed by atoms with E-state index in [1.165, 1.54) is 4.90 Å². The van der Waals surface area contributed by atoms with Crippen molar-refractivity contribution in [3.05, 3.63) is 29.8 Å². The minimum Gasteiger partial charge on any atom is -0.493 e. The van der Waals surface area contributed by atoms with Crippen LogP contribution in [0.15, 0.2) is 24.3 Å². The third-order valence-electron chi connectivity index (χ3n) is 2.69. The van der Waals surface area contributed by atoms with Crippen LogP contribution >= 0.6 is 0 Å². The Morgan fingerprint density at radius 3 is 2.35 bits per heavy atom. The van der Waals surface area contributed by atoms with Gasteiger partial charge >= 0.3 is 5.97 Å². The Labute approximate surface area is 119 Å². The summed E-state index contributed by atoms with van der Waals surface area (Å²) in [6.07, 6.45) is -0.657. The molecule has 0 heterocycles. The van der Waals surface area contributed by atoms with Crippen molar-refractivity contribution < 1.29 is 19.1 Å². The van der Waals surface area contributed by atoms with Gasteiger partial charge in [0.15, 0.2) is 6.10 Å². The van der Waals surface area contributed by atoms with Gasteiger partial charge in [0.05, 0.1) is 13.0 Å². The first-order valence-electron chi connectivity index (χ1n) is 6.50. The molecular weight excluding hydrogens is 258 g/mol. The number of benzene rings is 1. The van der Waals surface area contributed by atoms with Crippen molar-refractivity contribution in [3.63, 3.8) is 0 Å².